The molecule has 158 valence electrons. The first-order valence-corrected chi connectivity index (χ1v) is 11.1. The lowest BCUT2D eigenvalue weighted by molar-refractivity contribution is -0.116. The molecule has 0 aliphatic rings. The lowest BCUT2D eigenvalue weighted by Crippen LogP contribution is -2.13. The van der Waals surface area contributed by atoms with Gasteiger partial charge in [-0.1, -0.05) is 47.2 Å². The maximum absolute atomic E-state index is 12.5. The van der Waals surface area contributed by atoms with Crippen LogP contribution in [-0.4, -0.2) is 20.9 Å². The van der Waals surface area contributed by atoms with Gasteiger partial charge in [-0.2, -0.15) is 0 Å². The highest BCUT2D eigenvalue weighted by atomic mass is 32.1. The molecule has 2 aromatic heterocycles. The first-order valence-electron chi connectivity index (χ1n) is 10.2. The molecule has 0 radical (unpaired) electrons. The summed E-state index contributed by atoms with van der Waals surface area (Å²) in [5.41, 5.74) is 11.6. The molecule has 0 atom stereocenters. The summed E-state index contributed by atoms with van der Waals surface area (Å²) in [6.45, 7) is 2.85. The fourth-order valence-corrected chi connectivity index (χ4v) is 4.11. The number of nitrogens with zero attached hydrogens (tertiary/aromatic N) is 3. The molecule has 0 fully saturated rings. The van der Waals surface area contributed by atoms with Crippen LogP contribution in [0.3, 0.4) is 0 Å². The average molecular weight is 432 g/mol. The minimum Gasteiger partial charge on any atom is -0.397 e. The first-order chi connectivity index (χ1) is 15.1. The van der Waals surface area contributed by atoms with Gasteiger partial charge >= 0.3 is 0 Å². The summed E-state index contributed by atoms with van der Waals surface area (Å²) in [4.78, 5) is 13.6. The van der Waals surface area contributed by atoms with Gasteiger partial charge in [-0.25, -0.2) is 0 Å². The minimum atomic E-state index is -0.0932. The third kappa shape index (κ3) is 5.58. The Morgan fingerprint density at radius 3 is 2.84 bits per heavy atom. The molecule has 4 rings (SSSR count). The van der Waals surface area contributed by atoms with E-state index in [0.29, 0.717) is 24.2 Å². The zero-order valence-electron chi connectivity index (χ0n) is 17.4. The van der Waals surface area contributed by atoms with Gasteiger partial charge in [0.15, 0.2) is 0 Å². The van der Waals surface area contributed by atoms with Crippen LogP contribution in [0.15, 0.2) is 66.2 Å². The van der Waals surface area contributed by atoms with Gasteiger partial charge < -0.3 is 11.1 Å². The topological polar surface area (TPSA) is 85.8 Å². The Bertz CT molecular complexity index is 1170. The average Bonchev–Trinajstić information content (AvgIpc) is 3.45. The second-order valence-electron chi connectivity index (χ2n) is 7.54. The molecule has 2 heterocycles. The van der Waals surface area contributed by atoms with Crippen LogP contribution in [0.5, 0.6) is 0 Å². The van der Waals surface area contributed by atoms with Gasteiger partial charge in [0.05, 0.1) is 17.1 Å². The van der Waals surface area contributed by atoms with Crippen LogP contribution >= 0.6 is 11.3 Å². The van der Waals surface area contributed by atoms with Crippen molar-refractivity contribution in [2.75, 3.05) is 11.1 Å². The fraction of sp³-hybridized carbons (Fsp3) is 0.208. The summed E-state index contributed by atoms with van der Waals surface area (Å²) in [7, 11) is 0. The highest BCUT2D eigenvalue weighted by Crippen LogP contribution is 2.30. The van der Waals surface area contributed by atoms with E-state index in [1.807, 2.05) is 46.6 Å². The lowest BCUT2D eigenvalue weighted by atomic mass is 10.1. The van der Waals surface area contributed by atoms with Gasteiger partial charge in [0.2, 0.25) is 5.91 Å². The zero-order valence-corrected chi connectivity index (χ0v) is 18.2. The number of nitrogen functional groups attached to an aromatic ring is 1. The first kappa shape index (κ1) is 20.8. The number of carbonyl (C=O) groups is 1. The van der Waals surface area contributed by atoms with Gasteiger partial charge in [0.25, 0.3) is 0 Å². The second-order valence-corrected chi connectivity index (χ2v) is 8.49. The van der Waals surface area contributed by atoms with E-state index in [1.165, 1.54) is 11.1 Å². The van der Waals surface area contributed by atoms with Crippen LogP contribution < -0.4 is 11.1 Å². The number of aryl methyl sites for hydroxylation is 4. The largest absolute Gasteiger partial charge is 0.397 e. The van der Waals surface area contributed by atoms with Crippen LogP contribution in [0.4, 0.5) is 11.4 Å². The van der Waals surface area contributed by atoms with Gasteiger partial charge in [-0.15, -0.1) is 16.4 Å². The van der Waals surface area contributed by atoms with Crippen LogP contribution in [-0.2, 0) is 24.2 Å². The summed E-state index contributed by atoms with van der Waals surface area (Å²) in [6, 6.07) is 18.2. The number of thiophene rings is 1. The summed E-state index contributed by atoms with van der Waals surface area (Å²) in [6.07, 6.45) is 3.65. The van der Waals surface area contributed by atoms with E-state index in [9.17, 15) is 4.79 Å². The highest BCUT2D eigenvalue weighted by Gasteiger charge is 2.10. The van der Waals surface area contributed by atoms with Crippen molar-refractivity contribution in [2.24, 2.45) is 0 Å². The Morgan fingerprint density at radius 2 is 2.03 bits per heavy atom. The second kappa shape index (κ2) is 9.57. The summed E-state index contributed by atoms with van der Waals surface area (Å²) in [5.74, 6) is -0.0932. The monoisotopic (exact) mass is 431 g/mol. The predicted octanol–water partition coefficient (Wildman–Crippen LogP) is 4.71. The van der Waals surface area contributed by atoms with Crippen LogP contribution in [0.25, 0.3) is 10.4 Å². The molecule has 2 aromatic carbocycles. The van der Waals surface area contributed by atoms with Crippen LogP contribution in [0.2, 0.25) is 0 Å². The summed E-state index contributed by atoms with van der Waals surface area (Å²) < 4.78 is 1.83. The van der Waals surface area contributed by atoms with Crippen molar-refractivity contribution in [3.05, 3.63) is 83.0 Å². The van der Waals surface area contributed by atoms with E-state index in [1.54, 1.807) is 11.3 Å². The van der Waals surface area contributed by atoms with Crippen molar-refractivity contribution in [3.8, 4) is 10.4 Å². The van der Waals surface area contributed by atoms with E-state index in [2.05, 4.69) is 46.8 Å². The molecule has 1 amide bonds. The molecule has 31 heavy (non-hydrogen) atoms. The molecule has 0 saturated heterocycles. The number of hydrogen-bond donors (Lipinski definition) is 2. The number of benzene rings is 2. The fourth-order valence-electron chi connectivity index (χ4n) is 3.39. The molecule has 0 unspecified atom stereocenters. The molecule has 0 spiro atoms. The Hall–Kier alpha value is -3.45. The number of aromatic nitrogens is 3. The van der Waals surface area contributed by atoms with Crippen molar-refractivity contribution < 1.29 is 4.79 Å². The lowest BCUT2D eigenvalue weighted by Gasteiger charge is -2.09. The van der Waals surface area contributed by atoms with E-state index in [4.69, 9.17) is 5.73 Å². The third-order valence-electron chi connectivity index (χ3n) is 5.04. The molecular weight excluding hydrogens is 406 g/mol. The Balaban J connectivity index is 1.30. The smallest absolute Gasteiger partial charge is 0.224 e. The number of nitrogens with two attached hydrogens (primary N) is 1. The molecule has 4 aromatic rings. The number of carbonyl (C=O) groups excluding carboxylic acids is 1. The van der Waals surface area contributed by atoms with Crippen molar-refractivity contribution in [1.82, 2.24) is 15.0 Å². The molecule has 0 bridgehead atoms. The quantitative estimate of drug-likeness (QED) is 0.396. The number of anilines is 2. The van der Waals surface area contributed by atoms with Gasteiger partial charge in [0, 0.05) is 30.5 Å². The van der Waals surface area contributed by atoms with Crippen molar-refractivity contribution in [2.45, 2.75) is 32.7 Å². The standard InChI is InChI=1S/C24H25N5OS/c1-17-4-2-5-18(14-17)11-12-29-16-20(27-28-29)8-10-24(30)26-22-15-19(7-9-21(22)25)23-6-3-13-31-23/h2-7,9,13-16H,8,10-12,25H2,1H3,(H,26,30). The molecule has 3 N–H and O–H groups in total. The zero-order chi connectivity index (χ0) is 21.6. The molecule has 6 nitrogen and oxygen atoms in total. The Kier molecular flexibility index (Phi) is 6.43. The number of amides is 1. The number of rotatable bonds is 8. The Morgan fingerprint density at radius 1 is 1.13 bits per heavy atom. The molecule has 7 heteroatoms. The molecule has 0 aliphatic carbocycles. The Labute approximate surface area is 185 Å². The van der Waals surface area contributed by atoms with E-state index < -0.39 is 0 Å². The normalized spacial score (nSPS) is 10.9. The van der Waals surface area contributed by atoms with E-state index in [0.717, 1.165) is 29.1 Å². The van der Waals surface area contributed by atoms with Crippen molar-refractivity contribution in [3.63, 3.8) is 0 Å². The van der Waals surface area contributed by atoms with Crippen molar-refractivity contribution in [1.29, 1.82) is 0 Å². The van der Waals surface area contributed by atoms with Gasteiger partial charge in [0.1, 0.15) is 0 Å². The number of hydrogen-bond acceptors (Lipinski definition) is 5. The van der Waals surface area contributed by atoms with E-state index in [-0.39, 0.29) is 5.91 Å². The maximum Gasteiger partial charge on any atom is 0.224 e. The maximum atomic E-state index is 12.5. The molecule has 0 aliphatic heterocycles. The van der Waals surface area contributed by atoms with Crippen LogP contribution in [0.1, 0.15) is 23.2 Å². The summed E-state index contributed by atoms with van der Waals surface area (Å²) >= 11 is 1.65. The minimum absolute atomic E-state index is 0.0932. The molecular formula is C24H25N5OS. The van der Waals surface area contributed by atoms with Gasteiger partial charge in [-0.05, 0) is 48.1 Å². The van der Waals surface area contributed by atoms with Crippen LogP contribution in [0, 0.1) is 6.92 Å². The van der Waals surface area contributed by atoms with Gasteiger partial charge in [-0.3, -0.25) is 9.48 Å². The number of nitrogens with one attached hydrogen (secondary N) is 1. The SMILES string of the molecule is Cc1cccc(CCn2cc(CCC(=O)Nc3cc(-c4cccs4)ccc3N)nn2)c1. The molecule has 0 saturated carbocycles. The van der Waals surface area contributed by atoms with Crippen molar-refractivity contribution >= 4 is 28.6 Å². The summed E-state index contributed by atoms with van der Waals surface area (Å²) in [5, 5.41) is 13.3. The highest BCUT2D eigenvalue weighted by molar-refractivity contribution is 7.13. The third-order valence-corrected chi connectivity index (χ3v) is 5.96. The van der Waals surface area contributed by atoms with E-state index >= 15 is 0 Å². The predicted molar refractivity (Wildman–Crippen MR) is 126 cm³/mol.